The lowest BCUT2D eigenvalue weighted by Gasteiger charge is -2.34. The van der Waals surface area contributed by atoms with E-state index in [2.05, 4.69) is 20.4 Å². The molecule has 1 unspecified atom stereocenters. The first-order valence-electron chi connectivity index (χ1n) is 10.7. The quantitative estimate of drug-likeness (QED) is 0.496. The van der Waals surface area contributed by atoms with Crippen LogP contribution in [0, 0.1) is 6.92 Å². The van der Waals surface area contributed by atoms with Crippen molar-refractivity contribution in [3.8, 4) is 0 Å². The van der Waals surface area contributed by atoms with E-state index in [1.807, 2.05) is 0 Å². The Morgan fingerprint density at radius 3 is 2.58 bits per heavy atom. The minimum Gasteiger partial charge on any atom is -0.361 e. The van der Waals surface area contributed by atoms with Crippen molar-refractivity contribution in [3.05, 3.63) is 17.5 Å². The molecule has 4 rings (SSSR count). The third-order valence-corrected chi connectivity index (χ3v) is 5.98. The van der Waals surface area contributed by atoms with Crippen LogP contribution in [0.4, 0.5) is 4.79 Å². The number of carbonyl (C=O) groups excluding carboxylic acids is 4. The Labute approximate surface area is 190 Å². The molecule has 0 aliphatic carbocycles. The van der Waals surface area contributed by atoms with E-state index in [9.17, 15) is 19.2 Å². The summed E-state index contributed by atoms with van der Waals surface area (Å²) in [5.74, 6) is 0.129. The Hall–Kier alpha value is -3.61. The van der Waals surface area contributed by atoms with Gasteiger partial charge < -0.3 is 14.7 Å². The average Bonchev–Trinajstić information content (AvgIpc) is 3.42. The van der Waals surface area contributed by atoms with Gasteiger partial charge in [-0.05, 0) is 11.9 Å². The zero-order valence-electron chi connectivity index (χ0n) is 18.9. The summed E-state index contributed by atoms with van der Waals surface area (Å²) in [6, 6.07) is 0.403. The molecule has 176 valence electrons. The zero-order valence-corrected chi connectivity index (χ0v) is 18.9. The predicted octanol–water partition coefficient (Wildman–Crippen LogP) is -1.80. The molecule has 5 amide bonds. The fraction of sp³-hybridized carbons (Fsp3) is 0.550. The van der Waals surface area contributed by atoms with E-state index in [1.165, 1.54) is 22.9 Å². The molecule has 0 aromatic carbocycles. The molecule has 33 heavy (non-hydrogen) atoms. The van der Waals surface area contributed by atoms with Crippen LogP contribution in [-0.4, -0.2) is 131 Å². The normalized spacial score (nSPS) is 21.2. The number of amides is 5. The minimum absolute atomic E-state index is 0.0430. The van der Waals surface area contributed by atoms with Crippen LogP contribution in [0.5, 0.6) is 0 Å². The minimum atomic E-state index is -0.775. The summed E-state index contributed by atoms with van der Waals surface area (Å²) in [5, 5.41) is 6.64. The Bertz CT molecular complexity index is 1040. The first-order valence-corrected chi connectivity index (χ1v) is 10.7. The second kappa shape index (κ2) is 9.10. The maximum absolute atomic E-state index is 12.5. The van der Waals surface area contributed by atoms with Gasteiger partial charge in [0.05, 0.1) is 0 Å². The summed E-state index contributed by atoms with van der Waals surface area (Å²) in [5.41, 5.74) is 0.317. The van der Waals surface area contributed by atoms with Gasteiger partial charge in [-0.3, -0.25) is 29.1 Å². The third-order valence-electron chi connectivity index (χ3n) is 5.98. The van der Waals surface area contributed by atoms with Crippen molar-refractivity contribution < 1.29 is 28.3 Å². The molecule has 1 atom stereocenters. The first-order chi connectivity index (χ1) is 15.8. The topological polar surface area (TPSA) is 135 Å². The van der Waals surface area contributed by atoms with Crippen molar-refractivity contribution >= 4 is 35.9 Å². The van der Waals surface area contributed by atoms with Gasteiger partial charge in [0, 0.05) is 59.4 Å². The number of nitrogens with one attached hydrogen (secondary N) is 1. The number of aliphatic imine (C=N–C) groups is 1. The van der Waals surface area contributed by atoms with E-state index in [-0.39, 0.29) is 18.4 Å². The molecule has 13 heteroatoms. The van der Waals surface area contributed by atoms with Crippen LogP contribution >= 0.6 is 0 Å². The van der Waals surface area contributed by atoms with Gasteiger partial charge >= 0.3 is 6.03 Å². The second-order valence-electron chi connectivity index (χ2n) is 8.22. The molecule has 0 spiro atoms. The van der Waals surface area contributed by atoms with Crippen molar-refractivity contribution in [2.24, 2.45) is 4.99 Å². The smallest absolute Gasteiger partial charge is 0.333 e. The van der Waals surface area contributed by atoms with Gasteiger partial charge in [-0.1, -0.05) is 5.16 Å². The first kappa shape index (κ1) is 22.6. The standard InChI is InChI=1S/C20H26N8O5/c1-13-10-14(23-33-13)18(30)27-8-6-26(7-9-27)5-4-21-15(29)11-28-12-22-17-16(28)19(31)25(3)20(32)24(17)2/h10,12,16H,4-9,11H2,1-3H3/p+1. The summed E-state index contributed by atoms with van der Waals surface area (Å²) in [4.78, 5) is 59.8. The van der Waals surface area contributed by atoms with Crippen LogP contribution in [0.3, 0.4) is 0 Å². The van der Waals surface area contributed by atoms with Crippen molar-refractivity contribution in [1.82, 2.24) is 30.1 Å². The number of urea groups is 1. The van der Waals surface area contributed by atoms with Gasteiger partial charge in [0.2, 0.25) is 0 Å². The van der Waals surface area contributed by atoms with E-state index in [0.29, 0.717) is 56.6 Å². The van der Waals surface area contributed by atoms with Gasteiger partial charge in [0.15, 0.2) is 12.2 Å². The maximum atomic E-state index is 12.5. The van der Waals surface area contributed by atoms with Crippen molar-refractivity contribution in [2.45, 2.75) is 13.0 Å². The van der Waals surface area contributed by atoms with E-state index in [4.69, 9.17) is 4.52 Å². The van der Waals surface area contributed by atoms with Crippen molar-refractivity contribution in [2.75, 3.05) is 59.9 Å². The fourth-order valence-corrected chi connectivity index (χ4v) is 4.05. The van der Waals surface area contributed by atoms with Gasteiger partial charge in [-0.25, -0.2) is 9.37 Å². The highest BCUT2D eigenvalue weighted by atomic mass is 16.5. The van der Waals surface area contributed by atoms with Gasteiger partial charge in [0.1, 0.15) is 5.76 Å². The number of hydrogen-bond acceptors (Lipinski definition) is 8. The second-order valence-corrected chi connectivity index (χ2v) is 8.22. The van der Waals surface area contributed by atoms with Crippen LogP contribution < -0.4 is 5.32 Å². The molecule has 0 saturated carbocycles. The summed E-state index contributed by atoms with van der Waals surface area (Å²) in [6.07, 6.45) is 1.42. The molecule has 0 bridgehead atoms. The van der Waals surface area contributed by atoms with E-state index in [0.717, 1.165) is 4.90 Å². The van der Waals surface area contributed by atoms with Crippen molar-refractivity contribution in [3.63, 3.8) is 0 Å². The zero-order chi connectivity index (χ0) is 23.7. The highest BCUT2D eigenvalue weighted by molar-refractivity contribution is 6.21. The van der Waals surface area contributed by atoms with Crippen LogP contribution in [0.15, 0.2) is 15.6 Å². The number of imide groups is 1. The number of aryl methyl sites for hydroxylation is 1. The summed E-state index contributed by atoms with van der Waals surface area (Å²) in [7, 11) is 2.96. The highest BCUT2D eigenvalue weighted by Crippen LogP contribution is 2.16. The number of hydrogen-bond donors (Lipinski definition) is 1. The molecule has 0 radical (unpaired) electrons. The molecule has 1 aromatic rings. The number of nitrogens with zero attached hydrogens (tertiary/aromatic N) is 7. The Morgan fingerprint density at radius 1 is 1.18 bits per heavy atom. The van der Waals surface area contributed by atoms with Crippen molar-refractivity contribution in [1.29, 1.82) is 0 Å². The molecule has 1 N–H and O–H groups in total. The Balaban J connectivity index is 1.19. The number of piperazine rings is 1. The van der Waals surface area contributed by atoms with Gasteiger partial charge in [0.25, 0.3) is 35.9 Å². The summed E-state index contributed by atoms with van der Waals surface area (Å²) >= 11 is 0. The number of likely N-dealkylation sites (N-methyl/N-ethyl adjacent to an activating group) is 2. The molecule has 2 saturated heterocycles. The molecule has 3 aliphatic heterocycles. The number of amidine groups is 1. The molecular formula is C20H27N8O5+. The lowest BCUT2D eigenvalue weighted by atomic mass is 10.1. The number of aromatic nitrogens is 1. The summed E-state index contributed by atoms with van der Waals surface area (Å²) in [6.45, 7) is 5.32. The Kier molecular flexibility index (Phi) is 6.22. The van der Waals surface area contributed by atoms with E-state index in [1.54, 1.807) is 24.9 Å². The van der Waals surface area contributed by atoms with Gasteiger partial charge in [-0.2, -0.15) is 0 Å². The number of carbonyl (C=O) groups is 4. The largest absolute Gasteiger partial charge is 0.361 e. The summed E-state index contributed by atoms with van der Waals surface area (Å²) < 4.78 is 6.50. The monoisotopic (exact) mass is 459 g/mol. The third kappa shape index (κ3) is 4.49. The average molecular weight is 459 g/mol. The predicted molar refractivity (Wildman–Crippen MR) is 115 cm³/mol. The number of rotatable bonds is 6. The molecule has 1 aromatic heterocycles. The maximum Gasteiger partial charge on any atom is 0.333 e. The van der Waals surface area contributed by atoms with Crippen LogP contribution in [0.1, 0.15) is 16.2 Å². The van der Waals surface area contributed by atoms with E-state index < -0.39 is 18.0 Å². The van der Waals surface area contributed by atoms with Crippen LogP contribution in [-0.2, 0) is 9.59 Å². The molecule has 4 heterocycles. The highest BCUT2D eigenvalue weighted by Gasteiger charge is 2.50. The lowest BCUT2D eigenvalue weighted by Crippen LogP contribution is -2.62. The SMILES string of the molecule is Cc1cc(C(=O)N2CCN(CCNC(=O)C[N+]3=CN=C4C3C(=O)N(C)C(=O)N4C)CC2)no1. The fourth-order valence-electron chi connectivity index (χ4n) is 4.05. The lowest BCUT2D eigenvalue weighted by molar-refractivity contribution is -0.519. The molecule has 13 nitrogen and oxygen atoms in total. The Morgan fingerprint density at radius 2 is 1.91 bits per heavy atom. The van der Waals surface area contributed by atoms with E-state index >= 15 is 0 Å². The van der Waals surface area contributed by atoms with Gasteiger partial charge in [-0.15, -0.1) is 0 Å². The molecular weight excluding hydrogens is 432 g/mol. The molecule has 3 aliphatic rings. The van der Waals surface area contributed by atoms with Crippen LogP contribution in [0.25, 0.3) is 0 Å². The van der Waals surface area contributed by atoms with Crippen LogP contribution in [0.2, 0.25) is 0 Å². The molecule has 2 fully saturated rings. The number of fused-ring (bicyclic) bond motifs is 1.